The van der Waals surface area contributed by atoms with Crippen LogP contribution in [-0.4, -0.2) is 4.98 Å². The number of anilines is 1. The highest BCUT2D eigenvalue weighted by atomic mass is 19.1. The fourth-order valence-corrected chi connectivity index (χ4v) is 0.775. The molecule has 0 spiro atoms. The molecule has 2 N–H and O–H groups in total. The van der Waals surface area contributed by atoms with E-state index < -0.39 is 0 Å². The summed E-state index contributed by atoms with van der Waals surface area (Å²) >= 11 is 0. The lowest BCUT2D eigenvalue weighted by molar-refractivity contribution is 0.619. The molecular weight excluding hydrogens is 131 g/mol. The normalized spacial score (nSPS) is 9.80. The second-order valence-electron chi connectivity index (χ2n) is 2.05. The predicted octanol–water partition coefficient (Wildman–Crippen LogP) is 1.37. The topological polar surface area (TPSA) is 38.9 Å². The van der Waals surface area contributed by atoms with E-state index in [-0.39, 0.29) is 5.82 Å². The first-order valence-electron chi connectivity index (χ1n) is 3.14. The molecule has 0 saturated carbocycles. The lowest BCUT2D eigenvalue weighted by Crippen LogP contribution is -1.96. The number of nitrogens with two attached hydrogens (primary N) is 1. The van der Waals surface area contributed by atoms with Crippen LogP contribution in [0.3, 0.4) is 0 Å². The zero-order valence-corrected chi connectivity index (χ0v) is 5.76. The molecule has 3 heteroatoms. The number of aryl methyl sites for hydroxylation is 1. The largest absolute Gasteiger partial charge is 0.383 e. The van der Waals surface area contributed by atoms with Gasteiger partial charge in [-0.25, -0.2) is 9.37 Å². The molecule has 1 aromatic heterocycles. The highest BCUT2D eigenvalue weighted by Crippen LogP contribution is 2.09. The maximum Gasteiger partial charge on any atom is 0.141 e. The first kappa shape index (κ1) is 6.99. The SMILES string of the molecule is CCc1cc(F)cnc1N. The molecule has 0 aliphatic heterocycles. The van der Waals surface area contributed by atoms with Crippen molar-refractivity contribution in [3.63, 3.8) is 0 Å². The molecular formula is C7H9FN2. The van der Waals surface area contributed by atoms with E-state index >= 15 is 0 Å². The fourth-order valence-electron chi connectivity index (χ4n) is 0.775. The van der Waals surface area contributed by atoms with E-state index in [0.29, 0.717) is 5.82 Å². The Labute approximate surface area is 58.9 Å². The Morgan fingerprint density at radius 2 is 2.40 bits per heavy atom. The lowest BCUT2D eigenvalue weighted by atomic mass is 10.2. The van der Waals surface area contributed by atoms with E-state index in [1.165, 1.54) is 6.07 Å². The molecule has 0 unspecified atom stereocenters. The van der Waals surface area contributed by atoms with Gasteiger partial charge in [0.15, 0.2) is 0 Å². The zero-order valence-electron chi connectivity index (χ0n) is 5.76. The summed E-state index contributed by atoms with van der Waals surface area (Å²) < 4.78 is 12.4. The van der Waals surface area contributed by atoms with Gasteiger partial charge in [0.05, 0.1) is 6.20 Å². The summed E-state index contributed by atoms with van der Waals surface area (Å²) in [5.74, 6) is 0.0925. The maximum atomic E-state index is 12.4. The Kier molecular flexibility index (Phi) is 1.85. The molecule has 0 aromatic carbocycles. The Bertz CT molecular complexity index is 235. The van der Waals surface area contributed by atoms with Gasteiger partial charge in [0.2, 0.25) is 0 Å². The van der Waals surface area contributed by atoms with Gasteiger partial charge in [-0.1, -0.05) is 6.92 Å². The van der Waals surface area contributed by atoms with Gasteiger partial charge in [0.1, 0.15) is 11.6 Å². The summed E-state index contributed by atoms with van der Waals surface area (Å²) in [5, 5.41) is 0. The van der Waals surface area contributed by atoms with Crippen molar-refractivity contribution in [2.24, 2.45) is 0 Å². The van der Waals surface area contributed by atoms with Crippen LogP contribution in [0.15, 0.2) is 12.3 Å². The third-order valence-corrected chi connectivity index (χ3v) is 1.35. The van der Waals surface area contributed by atoms with Gasteiger partial charge in [-0.05, 0) is 18.1 Å². The molecule has 0 amide bonds. The van der Waals surface area contributed by atoms with Crippen molar-refractivity contribution < 1.29 is 4.39 Å². The molecule has 0 bridgehead atoms. The van der Waals surface area contributed by atoms with Crippen LogP contribution in [-0.2, 0) is 6.42 Å². The van der Waals surface area contributed by atoms with E-state index in [1.807, 2.05) is 6.92 Å². The predicted molar refractivity (Wildman–Crippen MR) is 38.0 cm³/mol. The second-order valence-corrected chi connectivity index (χ2v) is 2.05. The third-order valence-electron chi connectivity index (χ3n) is 1.35. The van der Waals surface area contributed by atoms with Crippen molar-refractivity contribution in [3.8, 4) is 0 Å². The van der Waals surface area contributed by atoms with E-state index in [1.54, 1.807) is 0 Å². The molecule has 1 heterocycles. The molecule has 0 fully saturated rings. The highest BCUT2D eigenvalue weighted by molar-refractivity contribution is 5.38. The fraction of sp³-hybridized carbons (Fsp3) is 0.286. The minimum Gasteiger partial charge on any atom is -0.383 e. The highest BCUT2D eigenvalue weighted by Gasteiger charge is 1.98. The number of hydrogen-bond acceptors (Lipinski definition) is 2. The van der Waals surface area contributed by atoms with E-state index in [9.17, 15) is 4.39 Å². The van der Waals surface area contributed by atoms with Crippen LogP contribution in [0.25, 0.3) is 0 Å². The van der Waals surface area contributed by atoms with Gasteiger partial charge in [-0.3, -0.25) is 0 Å². The number of halogens is 1. The Balaban J connectivity index is 3.09. The lowest BCUT2D eigenvalue weighted by Gasteiger charge is -1.99. The quantitative estimate of drug-likeness (QED) is 0.639. The summed E-state index contributed by atoms with van der Waals surface area (Å²) in [6, 6.07) is 1.41. The van der Waals surface area contributed by atoms with Crippen LogP contribution in [0.1, 0.15) is 12.5 Å². The number of nitrogen functional groups attached to an aromatic ring is 1. The third kappa shape index (κ3) is 1.23. The first-order valence-corrected chi connectivity index (χ1v) is 3.14. The molecule has 0 atom stereocenters. The number of aromatic nitrogens is 1. The average Bonchev–Trinajstić information content (AvgIpc) is 1.94. The van der Waals surface area contributed by atoms with Crippen LogP contribution >= 0.6 is 0 Å². The first-order chi connectivity index (χ1) is 4.74. The van der Waals surface area contributed by atoms with Crippen molar-refractivity contribution in [1.82, 2.24) is 4.98 Å². The van der Waals surface area contributed by atoms with Gasteiger partial charge < -0.3 is 5.73 Å². The van der Waals surface area contributed by atoms with Crippen LogP contribution < -0.4 is 5.73 Å². The minimum atomic E-state index is -0.328. The monoisotopic (exact) mass is 140 g/mol. The molecule has 1 rings (SSSR count). The summed E-state index contributed by atoms with van der Waals surface area (Å²) in [4.78, 5) is 3.65. The molecule has 0 saturated heterocycles. The minimum absolute atomic E-state index is 0.328. The van der Waals surface area contributed by atoms with E-state index in [0.717, 1.165) is 18.2 Å². The number of nitrogens with zero attached hydrogens (tertiary/aromatic N) is 1. The summed E-state index contributed by atoms with van der Waals surface area (Å²) in [6.07, 6.45) is 1.84. The van der Waals surface area contributed by atoms with Crippen LogP contribution in [0.5, 0.6) is 0 Å². The van der Waals surface area contributed by atoms with E-state index in [4.69, 9.17) is 5.73 Å². The zero-order chi connectivity index (χ0) is 7.56. The van der Waals surface area contributed by atoms with Crippen molar-refractivity contribution in [2.45, 2.75) is 13.3 Å². The molecule has 0 aliphatic rings. The summed E-state index contributed by atoms with van der Waals surface area (Å²) in [6.45, 7) is 1.91. The van der Waals surface area contributed by atoms with Crippen LogP contribution in [0.4, 0.5) is 10.2 Å². The Morgan fingerprint density at radius 1 is 1.70 bits per heavy atom. The van der Waals surface area contributed by atoms with Gasteiger partial charge in [0.25, 0.3) is 0 Å². The molecule has 0 radical (unpaired) electrons. The summed E-state index contributed by atoms with van der Waals surface area (Å²) in [5.41, 5.74) is 6.19. The molecule has 10 heavy (non-hydrogen) atoms. The standard InChI is InChI=1S/C7H9FN2/c1-2-5-3-6(8)4-10-7(5)9/h3-4H,2H2,1H3,(H2,9,10). The molecule has 0 aliphatic carbocycles. The second kappa shape index (κ2) is 2.64. The van der Waals surface area contributed by atoms with Crippen LogP contribution in [0, 0.1) is 5.82 Å². The Hall–Kier alpha value is -1.12. The number of rotatable bonds is 1. The van der Waals surface area contributed by atoms with Crippen molar-refractivity contribution in [2.75, 3.05) is 5.73 Å². The molecule has 2 nitrogen and oxygen atoms in total. The van der Waals surface area contributed by atoms with Gasteiger partial charge in [-0.15, -0.1) is 0 Å². The van der Waals surface area contributed by atoms with Crippen molar-refractivity contribution >= 4 is 5.82 Å². The smallest absolute Gasteiger partial charge is 0.141 e. The average molecular weight is 140 g/mol. The molecule has 54 valence electrons. The number of pyridine rings is 1. The van der Waals surface area contributed by atoms with Gasteiger partial charge in [0, 0.05) is 0 Å². The summed E-state index contributed by atoms with van der Waals surface area (Å²) in [7, 11) is 0. The van der Waals surface area contributed by atoms with Gasteiger partial charge >= 0.3 is 0 Å². The van der Waals surface area contributed by atoms with Crippen molar-refractivity contribution in [3.05, 3.63) is 23.6 Å². The molecule has 1 aromatic rings. The van der Waals surface area contributed by atoms with Crippen molar-refractivity contribution in [1.29, 1.82) is 0 Å². The van der Waals surface area contributed by atoms with Crippen LogP contribution in [0.2, 0.25) is 0 Å². The number of hydrogen-bond donors (Lipinski definition) is 1. The maximum absolute atomic E-state index is 12.4. The van der Waals surface area contributed by atoms with E-state index in [2.05, 4.69) is 4.98 Å². The van der Waals surface area contributed by atoms with Gasteiger partial charge in [-0.2, -0.15) is 0 Å². The Morgan fingerprint density at radius 3 is 2.90 bits per heavy atom.